The molecule has 9 nitrogen and oxygen atoms in total. The van der Waals surface area contributed by atoms with Gasteiger partial charge in [-0.05, 0) is 13.0 Å². The fourth-order valence-electron chi connectivity index (χ4n) is 3.75. The van der Waals surface area contributed by atoms with Crippen LogP contribution in [0.3, 0.4) is 0 Å². The first-order chi connectivity index (χ1) is 14.5. The number of halogens is 2. The smallest absolute Gasteiger partial charge is 0.355 e. The number of ether oxygens (including phenoxy) is 1. The van der Waals surface area contributed by atoms with Crippen LogP contribution in [0.1, 0.15) is 5.69 Å². The number of nitrogens with one attached hydrogen (secondary N) is 1. The molecule has 0 saturated carbocycles. The number of nitrogens with zero attached hydrogens (tertiary/aromatic N) is 6. The molecule has 4 aromatic rings. The molecule has 0 radical (unpaired) electrons. The molecule has 11 heteroatoms. The van der Waals surface area contributed by atoms with Crippen LogP contribution in [0.15, 0.2) is 35.5 Å². The van der Waals surface area contributed by atoms with Crippen LogP contribution in [0.25, 0.3) is 22.7 Å². The molecule has 1 saturated heterocycles. The van der Waals surface area contributed by atoms with Crippen molar-refractivity contribution in [3.05, 3.63) is 52.7 Å². The zero-order chi connectivity index (χ0) is 20.8. The number of rotatable bonds is 3. The van der Waals surface area contributed by atoms with Crippen LogP contribution in [0.2, 0.25) is 0 Å². The van der Waals surface area contributed by atoms with Gasteiger partial charge < -0.3 is 19.4 Å². The fraction of sp³-hybridized carbons (Fsp3) is 0.300. The largest absolute Gasteiger partial charge is 0.493 e. The molecule has 0 aromatic carbocycles. The minimum absolute atomic E-state index is 0. The minimum atomic E-state index is -0.509. The molecular weight excluding hydrogens is 425 g/mol. The third kappa shape index (κ3) is 3.68. The van der Waals surface area contributed by atoms with Crippen LogP contribution in [-0.2, 0) is 0 Å². The van der Waals surface area contributed by atoms with E-state index in [1.54, 1.807) is 29.9 Å². The molecule has 5 rings (SSSR count). The first-order valence-electron chi connectivity index (χ1n) is 9.63. The Hall–Kier alpha value is -3.24. The quantitative estimate of drug-likeness (QED) is 0.513. The van der Waals surface area contributed by atoms with Gasteiger partial charge in [0.2, 0.25) is 0 Å². The number of piperazine rings is 1. The summed E-state index contributed by atoms with van der Waals surface area (Å²) in [6, 6.07) is 3.15. The Morgan fingerprint density at radius 2 is 1.84 bits per heavy atom. The van der Waals surface area contributed by atoms with Gasteiger partial charge in [0.25, 0.3) is 0 Å². The van der Waals surface area contributed by atoms with Gasteiger partial charge in [0.15, 0.2) is 28.7 Å². The van der Waals surface area contributed by atoms with Gasteiger partial charge in [-0.15, -0.1) is 12.4 Å². The van der Waals surface area contributed by atoms with Gasteiger partial charge in [-0.25, -0.2) is 23.6 Å². The second-order valence-corrected chi connectivity index (χ2v) is 7.22. The molecule has 4 aromatic heterocycles. The van der Waals surface area contributed by atoms with Crippen molar-refractivity contribution < 1.29 is 9.13 Å². The molecule has 0 amide bonds. The second-order valence-electron chi connectivity index (χ2n) is 7.22. The predicted octanol–water partition coefficient (Wildman–Crippen LogP) is 1.69. The van der Waals surface area contributed by atoms with Gasteiger partial charge in [-0.3, -0.25) is 0 Å². The van der Waals surface area contributed by atoms with E-state index in [0.29, 0.717) is 22.7 Å². The molecule has 0 bridgehead atoms. The number of pyridine rings is 2. The Kier molecular flexibility index (Phi) is 5.50. The molecule has 5 heterocycles. The number of hydrogen-bond donors (Lipinski definition) is 1. The highest BCUT2D eigenvalue weighted by molar-refractivity contribution is 5.85. The molecule has 0 unspecified atom stereocenters. The van der Waals surface area contributed by atoms with Crippen LogP contribution in [-0.4, -0.2) is 57.0 Å². The van der Waals surface area contributed by atoms with Gasteiger partial charge in [0, 0.05) is 56.4 Å². The Balaban J connectivity index is 0.00000231. The molecule has 1 aliphatic heterocycles. The van der Waals surface area contributed by atoms with Crippen LogP contribution >= 0.6 is 12.4 Å². The van der Waals surface area contributed by atoms with E-state index in [0.717, 1.165) is 31.9 Å². The van der Waals surface area contributed by atoms with E-state index in [1.807, 2.05) is 6.07 Å². The second kappa shape index (κ2) is 8.12. The monoisotopic (exact) mass is 445 g/mol. The van der Waals surface area contributed by atoms with Crippen molar-refractivity contribution in [3.8, 4) is 17.1 Å². The average molecular weight is 446 g/mol. The maximum atomic E-state index is 14.5. The predicted molar refractivity (Wildman–Crippen MR) is 117 cm³/mol. The van der Waals surface area contributed by atoms with Crippen LogP contribution in [0.4, 0.5) is 10.1 Å². The summed E-state index contributed by atoms with van der Waals surface area (Å²) in [5, 5.41) is 3.30. The van der Waals surface area contributed by atoms with E-state index in [9.17, 15) is 9.18 Å². The standard InChI is InChI=1S/C20H20FN7O2.ClH/c1-12-9-27-10-13(7-15(21)18(27)23-12)17-24-19-16(30-2)8-14(11-28(19)20(29)25-17)26-5-3-22-4-6-26;/h7-11,22H,3-6H2,1-2H3;1H. The van der Waals surface area contributed by atoms with Crippen molar-refractivity contribution in [3.63, 3.8) is 0 Å². The van der Waals surface area contributed by atoms with E-state index in [1.165, 1.54) is 17.6 Å². The first kappa shape index (κ1) is 21.0. The Morgan fingerprint density at radius 3 is 2.58 bits per heavy atom. The van der Waals surface area contributed by atoms with Gasteiger partial charge in [0.1, 0.15) is 0 Å². The van der Waals surface area contributed by atoms with E-state index >= 15 is 0 Å². The summed E-state index contributed by atoms with van der Waals surface area (Å²) in [7, 11) is 1.53. The highest BCUT2D eigenvalue weighted by Crippen LogP contribution is 2.26. The summed E-state index contributed by atoms with van der Waals surface area (Å²) in [4.78, 5) is 27.8. The number of methoxy groups -OCH3 is 1. The average Bonchev–Trinajstić information content (AvgIpc) is 3.14. The Labute approximate surface area is 182 Å². The van der Waals surface area contributed by atoms with Gasteiger partial charge in [-0.2, -0.15) is 4.98 Å². The zero-order valence-electron chi connectivity index (χ0n) is 17.0. The Morgan fingerprint density at radius 1 is 1.06 bits per heavy atom. The summed E-state index contributed by atoms with van der Waals surface area (Å²) in [6.45, 7) is 5.17. The van der Waals surface area contributed by atoms with Crippen molar-refractivity contribution in [2.75, 3.05) is 38.2 Å². The maximum absolute atomic E-state index is 14.5. The van der Waals surface area contributed by atoms with Crippen molar-refractivity contribution >= 4 is 29.4 Å². The van der Waals surface area contributed by atoms with E-state index in [4.69, 9.17) is 4.74 Å². The van der Waals surface area contributed by atoms with Crippen LogP contribution < -0.4 is 20.6 Å². The lowest BCUT2D eigenvalue weighted by Gasteiger charge is -2.29. The lowest BCUT2D eigenvalue weighted by atomic mass is 10.2. The van der Waals surface area contributed by atoms with E-state index in [-0.39, 0.29) is 23.9 Å². The number of aryl methyl sites for hydroxylation is 1. The zero-order valence-corrected chi connectivity index (χ0v) is 17.8. The minimum Gasteiger partial charge on any atom is -0.493 e. The lowest BCUT2D eigenvalue weighted by Crippen LogP contribution is -2.43. The van der Waals surface area contributed by atoms with Gasteiger partial charge in [-0.1, -0.05) is 0 Å². The van der Waals surface area contributed by atoms with Crippen molar-refractivity contribution in [1.29, 1.82) is 0 Å². The van der Waals surface area contributed by atoms with E-state index < -0.39 is 11.5 Å². The number of anilines is 1. The van der Waals surface area contributed by atoms with Crippen LogP contribution in [0, 0.1) is 12.7 Å². The summed E-state index contributed by atoms with van der Waals surface area (Å²) in [5.74, 6) is 0.0672. The third-order valence-electron chi connectivity index (χ3n) is 5.20. The molecule has 0 spiro atoms. The number of aromatic nitrogens is 5. The number of imidazole rings is 1. The highest BCUT2D eigenvalue weighted by atomic mass is 35.5. The van der Waals surface area contributed by atoms with E-state index in [2.05, 4.69) is 25.2 Å². The molecule has 0 atom stereocenters. The van der Waals surface area contributed by atoms with Crippen molar-refractivity contribution in [2.45, 2.75) is 6.92 Å². The summed E-state index contributed by atoms with van der Waals surface area (Å²) < 4.78 is 23.0. The SMILES string of the molecule is COc1cc(N2CCNCC2)cn2c(=O)nc(-c3cc(F)c4nc(C)cn4c3)nc12.Cl. The first-order valence-corrected chi connectivity index (χ1v) is 9.63. The third-order valence-corrected chi connectivity index (χ3v) is 5.20. The van der Waals surface area contributed by atoms with Crippen molar-refractivity contribution in [2.24, 2.45) is 0 Å². The summed E-state index contributed by atoms with van der Waals surface area (Å²) >= 11 is 0. The lowest BCUT2D eigenvalue weighted by molar-refractivity contribution is 0.416. The topological polar surface area (TPSA) is 89.1 Å². The van der Waals surface area contributed by atoms with Gasteiger partial charge in [0.05, 0.1) is 18.5 Å². The fourth-order valence-corrected chi connectivity index (χ4v) is 3.75. The molecule has 162 valence electrons. The highest BCUT2D eigenvalue weighted by Gasteiger charge is 2.18. The normalized spacial score (nSPS) is 14.1. The van der Waals surface area contributed by atoms with Crippen LogP contribution in [0.5, 0.6) is 5.75 Å². The molecule has 31 heavy (non-hydrogen) atoms. The summed E-state index contributed by atoms with van der Waals surface area (Å²) in [5.41, 5.74) is 1.96. The van der Waals surface area contributed by atoms with Gasteiger partial charge >= 0.3 is 5.69 Å². The molecule has 0 aliphatic carbocycles. The maximum Gasteiger partial charge on any atom is 0.355 e. The number of fused-ring (bicyclic) bond motifs is 2. The molecule has 1 N–H and O–H groups in total. The molecule has 1 fully saturated rings. The van der Waals surface area contributed by atoms with Crippen molar-refractivity contribution in [1.82, 2.24) is 29.1 Å². The molecule has 1 aliphatic rings. The summed E-state index contributed by atoms with van der Waals surface area (Å²) in [6.07, 6.45) is 5.08. The number of hydrogen-bond acceptors (Lipinski definition) is 7. The molecular formula is C20H21ClFN7O2. The Bertz CT molecular complexity index is 1330.